The van der Waals surface area contributed by atoms with E-state index in [0.717, 1.165) is 9.80 Å². The van der Waals surface area contributed by atoms with Gasteiger partial charge in [0.25, 0.3) is 0 Å². The van der Waals surface area contributed by atoms with E-state index in [-0.39, 0.29) is 5.82 Å². The Kier molecular flexibility index (Phi) is 3.00. The van der Waals surface area contributed by atoms with Crippen LogP contribution in [0.2, 0.25) is 0 Å². The smallest absolute Gasteiger partial charge is 0.329 e. The highest BCUT2D eigenvalue weighted by atomic mass is 35.5. The van der Waals surface area contributed by atoms with Crippen molar-refractivity contribution in [1.82, 2.24) is 10.1 Å². The fourth-order valence-electron chi connectivity index (χ4n) is 1.62. The van der Waals surface area contributed by atoms with Gasteiger partial charge < -0.3 is 14.7 Å². The van der Waals surface area contributed by atoms with Crippen molar-refractivity contribution in [2.24, 2.45) is 0 Å². The summed E-state index contributed by atoms with van der Waals surface area (Å²) in [4.78, 5) is 13.0. The Morgan fingerprint density at radius 1 is 1.44 bits per heavy atom. The van der Waals surface area contributed by atoms with Crippen molar-refractivity contribution < 1.29 is 19.5 Å². The summed E-state index contributed by atoms with van der Waals surface area (Å²) < 4.78 is 5.02. The predicted molar refractivity (Wildman–Crippen MR) is 63.0 cm³/mol. The molecule has 2 rings (SSSR count). The van der Waals surface area contributed by atoms with E-state index in [4.69, 9.17) is 16.1 Å². The topological polar surface area (TPSA) is 90.0 Å². The number of alkyl halides is 1. The second-order valence-corrected chi connectivity index (χ2v) is 5.56. The second kappa shape index (κ2) is 4.11. The van der Waals surface area contributed by atoms with Crippen LogP contribution < -0.4 is 4.90 Å². The van der Waals surface area contributed by atoms with Crippen molar-refractivity contribution in [2.75, 3.05) is 11.9 Å². The molecule has 2 N–H and O–H groups in total. The minimum absolute atomic E-state index is 0.111. The van der Waals surface area contributed by atoms with Crippen LogP contribution in [-0.4, -0.2) is 45.8 Å². The van der Waals surface area contributed by atoms with Gasteiger partial charge in [0, 0.05) is 13.1 Å². The van der Waals surface area contributed by atoms with Gasteiger partial charge in [-0.15, -0.1) is 11.6 Å². The van der Waals surface area contributed by atoms with Crippen LogP contribution in [0.5, 0.6) is 0 Å². The summed E-state index contributed by atoms with van der Waals surface area (Å²) in [6, 6.07) is 0.891. The van der Waals surface area contributed by atoms with E-state index < -0.39 is 23.4 Å². The molecular weight excluding hydrogens is 262 g/mol. The molecule has 0 bridgehead atoms. The summed E-state index contributed by atoms with van der Waals surface area (Å²) in [6.07, 6.45) is -2.69. The maximum absolute atomic E-state index is 11.8. The lowest BCUT2D eigenvalue weighted by atomic mass is 10.1. The van der Waals surface area contributed by atoms with Crippen LogP contribution in [0.1, 0.15) is 19.6 Å². The second-order valence-electron chi connectivity index (χ2n) is 4.61. The molecule has 0 saturated carbocycles. The summed E-state index contributed by atoms with van der Waals surface area (Å²) in [5, 5.41) is 23.0. The number of likely N-dealkylation sites (N-methyl/N-ethyl adjacent to an activating group) is 1. The van der Waals surface area contributed by atoms with E-state index >= 15 is 0 Å². The average Bonchev–Trinajstić information content (AvgIpc) is 2.81. The lowest BCUT2D eigenvalue weighted by Crippen LogP contribution is -2.36. The molecule has 2 heterocycles. The van der Waals surface area contributed by atoms with Crippen molar-refractivity contribution in [3.05, 3.63) is 11.8 Å². The number of aromatic nitrogens is 1. The van der Waals surface area contributed by atoms with E-state index in [1.54, 1.807) is 13.8 Å². The van der Waals surface area contributed by atoms with E-state index in [0.29, 0.717) is 5.76 Å². The molecule has 2 amide bonds. The van der Waals surface area contributed by atoms with E-state index in [1.807, 2.05) is 0 Å². The lowest BCUT2D eigenvalue weighted by Gasteiger charge is -2.15. The highest BCUT2D eigenvalue weighted by Crippen LogP contribution is 2.32. The van der Waals surface area contributed by atoms with Crippen molar-refractivity contribution in [1.29, 1.82) is 0 Å². The number of hydrogen-bond donors (Lipinski definition) is 2. The Labute approximate surface area is 109 Å². The van der Waals surface area contributed by atoms with Gasteiger partial charge in [-0.25, -0.2) is 9.69 Å². The number of urea groups is 1. The molecule has 8 heteroatoms. The van der Waals surface area contributed by atoms with E-state index in [1.165, 1.54) is 13.1 Å². The highest BCUT2D eigenvalue weighted by Gasteiger charge is 2.44. The number of amides is 2. The molecule has 2 atom stereocenters. The Bertz CT molecular complexity index is 470. The average molecular weight is 276 g/mol. The van der Waals surface area contributed by atoms with Crippen LogP contribution in [0.4, 0.5) is 10.6 Å². The van der Waals surface area contributed by atoms with Crippen molar-refractivity contribution in [3.63, 3.8) is 0 Å². The molecule has 18 heavy (non-hydrogen) atoms. The zero-order valence-electron chi connectivity index (χ0n) is 10.2. The van der Waals surface area contributed by atoms with Crippen molar-refractivity contribution >= 4 is 23.4 Å². The lowest BCUT2D eigenvalue weighted by molar-refractivity contribution is -0.0184. The quantitative estimate of drug-likeness (QED) is 0.774. The summed E-state index contributed by atoms with van der Waals surface area (Å²) >= 11 is 6.05. The fourth-order valence-corrected chi connectivity index (χ4v) is 1.71. The number of rotatable bonds is 2. The molecule has 2 unspecified atom stereocenters. The molecule has 1 saturated heterocycles. The first kappa shape index (κ1) is 13.1. The Morgan fingerprint density at radius 2 is 2.06 bits per heavy atom. The Balaban J connectivity index is 2.33. The maximum atomic E-state index is 11.8. The molecular formula is C10H14ClN3O4. The third kappa shape index (κ3) is 1.94. The predicted octanol–water partition coefficient (Wildman–Crippen LogP) is 0.657. The van der Waals surface area contributed by atoms with Gasteiger partial charge in [0.2, 0.25) is 0 Å². The first-order chi connectivity index (χ1) is 8.23. The van der Waals surface area contributed by atoms with E-state index in [9.17, 15) is 15.0 Å². The van der Waals surface area contributed by atoms with Crippen LogP contribution in [0, 0.1) is 0 Å². The summed E-state index contributed by atoms with van der Waals surface area (Å²) in [7, 11) is 1.38. The van der Waals surface area contributed by atoms with Crippen LogP contribution in [0.3, 0.4) is 0 Å². The van der Waals surface area contributed by atoms with Gasteiger partial charge in [-0.1, -0.05) is 5.16 Å². The monoisotopic (exact) mass is 275 g/mol. The number of halogens is 1. The van der Waals surface area contributed by atoms with Gasteiger partial charge in [0.1, 0.15) is 0 Å². The first-order valence-electron chi connectivity index (χ1n) is 5.31. The molecule has 0 aliphatic carbocycles. The molecule has 1 aromatic rings. The van der Waals surface area contributed by atoms with Gasteiger partial charge in [-0.05, 0) is 13.8 Å². The summed E-state index contributed by atoms with van der Waals surface area (Å²) in [5.41, 5.74) is 0. The highest BCUT2D eigenvalue weighted by molar-refractivity contribution is 6.23. The molecule has 1 aliphatic rings. The Hall–Kier alpha value is -1.31. The van der Waals surface area contributed by atoms with Crippen LogP contribution in [-0.2, 0) is 4.87 Å². The molecule has 0 spiro atoms. The minimum Gasteiger partial charge on any atom is -0.369 e. The first-order valence-corrected chi connectivity index (χ1v) is 5.69. The molecule has 0 radical (unpaired) electrons. The number of anilines is 1. The molecule has 1 fully saturated rings. The zero-order valence-corrected chi connectivity index (χ0v) is 10.9. The molecule has 1 aromatic heterocycles. The van der Waals surface area contributed by atoms with Gasteiger partial charge in [0.05, 0.1) is 4.87 Å². The number of hydrogen-bond acceptors (Lipinski definition) is 5. The fraction of sp³-hybridized carbons (Fsp3) is 0.600. The minimum atomic E-state index is -1.39. The van der Waals surface area contributed by atoms with Gasteiger partial charge in [-0.2, -0.15) is 0 Å². The van der Waals surface area contributed by atoms with Crippen LogP contribution in [0.25, 0.3) is 0 Å². The molecule has 100 valence electrons. The molecule has 1 aliphatic heterocycles. The Morgan fingerprint density at radius 3 is 2.44 bits per heavy atom. The summed E-state index contributed by atoms with van der Waals surface area (Å²) in [5.74, 6) is 0.475. The van der Waals surface area contributed by atoms with Gasteiger partial charge in [-0.3, -0.25) is 4.90 Å². The largest absolute Gasteiger partial charge is 0.369 e. The zero-order chi connectivity index (χ0) is 13.7. The number of nitrogens with zero attached hydrogens (tertiary/aromatic N) is 3. The summed E-state index contributed by atoms with van der Waals surface area (Å²) in [6.45, 7) is 3.42. The van der Waals surface area contributed by atoms with Crippen molar-refractivity contribution in [3.8, 4) is 0 Å². The van der Waals surface area contributed by atoms with Crippen molar-refractivity contribution in [2.45, 2.75) is 31.2 Å². The normalized spacial score (nSPS) is 25.1. The van der Waals surface area contributed by atoms with Gasteiger partial charge >= 0.3 is 6.03 Å². The standard InChI is InChI=1S/C10H14ClN3O4/c1-10(2,11)5-4-6(12-18-5)14-8(16)7(15)13(3)9(14)17/h4,7-8,15-16H,1-3H3. The number of carbonyl (C=O) groups excluding carboxylic acids is 1. The number of aliphatic hydroxyl groups is 2. The van der Waals surface area contributed by atoms with Crippen LogP contribution >= 0.6 is 11.6 Å². The van der Waals surface area contributed by atoms with E-state index in [2.05, 4.69) is 5.16 Å². The number of carbonyl (C=O) groups is 1. The van der Waals surface area contributed by atoms with Gasteiger partial charge in [0.15, 0.2) is 24.0 Å². The third-order valence-corrected chi connectivity index (χ3v) is 2.95. The SMILES string of the molecule is CN1C(=O)N(c2cc(C(C)(C)Cl)on2)C(O)C1O. The maximum Gasteiger partial charge on any atom is 0.329 e. The molecule has 0 aromatic carbocycles. The van der Waals surface area contributed by atoms with Crippen LogP contribution in [0.15, 0.2) is 10.6 Å². The number of aliphatic hydroxyl groups excluding tert-OH is 2. The molecule has 7 nitrogen and oxygen atoms in total. The third-order valence-electron chi connectivity index (χ3n) is 2.77.